The molecule has 0 bridgehead atoms. The van der Waals surface area contributed by atoms with Gasteiger partial charge in [-0.3, -0.25) is 4.79 Å². The molecule has 5 nitrogen and oxygen atoms in total. The maximum absolute atomic E-state index is 12.4. The van der Waals surface area contributed by atoms with Crippen molar-refractivity contribution in [2.45, 2.75) is 19.9 Å². The van der Waals surface area contributed by atoms with Crippen LogP contribution in [-0.4, -0.2) is 24.3 Å². The number of esters is 1. The van der Waals surface area contributed by atoms with Gasteiger partial charge in [0.15, 0.2) is 0 Å². The molecule has 2 atom stereocenters. The summed E-state index contributed by atoms with van der Waals surface area (Å²) in [5, 5.41) is 4.88. The highest BCUT2D eigenvalue weighted by Crippen LogP contribution is 2.32. The number of aliphatic imine (C=N–C) groups is 1. The van der Waals surface area contributed by atoms with E-state index in [2.05, 4.69) is 10.3 Å². The van der Waals surface area contributed by atoms with Crippen LogP contribution in [0.1, 0.15) is 25.5 Å². The van der Waals surface area contributed by atoms with Crippen molar-refractivity contribution in [3.05, 3.63) is 48.0 Å². The summed E-state index contributed by atoms with van der Waals surface area (Å²) in [7, 11) is 0. The number of nitrogens with zero attached hydrogens (tertiary/aromatic N) is 1. The molecule has 0 saturated carbocycles. The summed E-state index contributed by atoms with van der Waals surface area (Å²) in [4.78, 5) is 28.1. The minimum atomic E-state index is -0.613. The Morgan fingerprint density at radius 1 is 1.22 bits per heavy atom. The Kier molecular flexibility index (Phi) is 4.10. The minimum Gasteiger partial charge on any atom is -0.465 e. The lowest BCUT2D eigenvalue weighted by atomic mass is 9.86. The number of amides is 2. The van der Waals surface area contributed by atoms with Gasteiger partial charge in [-0.25, -0.2) is 9.79 Å². The predicted octanol–water partition coefficient (Wildman–Crippen LogP) is 3.24. The number of hydrogen-bond acceptors (Lipinski definition) is 3. The monoisotopic (exact) mass is 310 g/mol. The van der Waals surface area contributed by atoms with E-state index in [1.807, 2.05) is 42.5 Å². The summed E-state index contributed by atoms with van der Waals surface area (Å²) in [6.45, 7) is 3.75. The van der Waals surface area contributed by atoms with Crippen LogP contribution in [0, 0.1) is 5.92 Å². The second kappa shape index (κ2) is 6.20. The molecule has 0 spiro atoms. The Morgan fingerprint density at radius 2 is 1.96 bits per heavy atom. The van der Waals surface area contributed by atoms with E-state index in [9.17, 15) is 9.59 Å². The zero-order valence-electron chi connectivity index (χ0n) is 13.1. The van der Waals surface area contributed by atoms with Crippen LogP contribution in [0.4, 0.5) is 4.79 Å². The molecular weight excluding hydrogens is 292 g/mol. The summed E-state index contributed by atoms with van der Waals surface area (Å²) >= 11 is 0. The number of fused-ring (bicyclic) bond motifs is 1. The number of carbonyl (C=O) groups is 2. The van der Waals surface area contributed by atoms with Crippen LogP contribution in [0.25, 0.3) is 10.8 Å². The van der Waals surface area contributed by atoms with Crippen molar-refractivity contribution in [2.75, 3.05) is 6.61 Å². The standard InChI is InChI=1S/C18H18N2O3/c1-3-23-17(21)15-11(2)19-18(22)20-16(15)14-10-6-8-12-7-4-5-9-13(12)14/h4-10,15-16H,3H2,1-2H3,(H,20,22). The van der Waals surface area contributed by atoms with Crippen molar-refractivity contribution in [3.8, 4) is 0 Å². The molecule has 0 saturated heterocycles. The van der Waals surface area contributed by atoms with Crippen LogP contribution < -0.4 is 5.32 Å². The SMILES string of the molecule is CCOC(=O)C1C(C)=NC(=O)NC1c1cccc2ccccc12. The second-order valence-corrected chi connectivity index (χ2v) is 5.48. The molecule has 2 aromatic rings. The molecule has 0 aromatic heterocycles. The lowest BCUT2D eigenvalue weighted by Gasteiger charge is -2.30. The van der Waals surface area contributed by atoms with E-state index in [-0.39, 0.29) is 5.97 Å². The molecule has 23 heavy (non-hydrogen) atoms. The number of benzene rings is 2. The second-order valence-electron chi connectivity index (χ2n) is 5.48. The van der Waals surface area contributed by atoms with Gasteiger partial charge >= 0.3 is 12.0 Å². The molecule has 0 fully saturated rings. The molecule has 118 valence electrons. The first-order valence-corrected chi connectivity index (χ1v) is 7.61. The third kappa shape index (κ3) is 2.82. The average Bonchev–Trinajstić information content (AvgIpc) is 2.53. The van der Waals surface area contributed by atoms with Crippen molar-refractivity contribution in [2.24, 2.45) is 10.9 Å². The number of ether oxygens (including phenoxy) is 1. The summed E-state index contributed by atoms with van der Waals surface area (Å²) in [6.07, 6.45) is 0. The Morgan fingerprint density at radius 3 is 2.74 bits per heavy atom. The van der Waals surface area contributed by atoms with Crippen molar-refractivity contribution in [3.63, 3.8) is 0 Å². The van der Waals surface area contributed by atoms with Gasteiger partial charge in [-0.05, 0) is 30.2 Å². The third-order valence-electron chi connectivity index (χ3n) is 4.04. The van der Waals surface area contributed by atoms with Gasteiger partial charge in [0.05, 0.1) is 12.6 Å². The zero-order chi connectivity index (χ0) is 16.4. The molecule has 1 N–H and O–H groups in total. The van der Waals surface area contributed by atoms with E-state index < -0.39 is 18.0 Å². The van der Waals surface area contributed by atoms with E-state index in [0.29, 0.717) is 12.3 Å². The highest BCUT2D eigenvalue weighted by atomic mass is 16.5. The molecule has 1 aliphatic rings. The molecule has 0 aliphatic carbocycles. The van der Waals surface area contributed by atoms with Crippen molar-refractivity contribution in [1.29, 1.82) is 0 Å². The molecule has 2 unspecified atom stereocenters. The van der Waals surface area contributed by atoms with E-state index in [4.69, 9.17) is 4.74 Å². The van der Waals surface area contributed by atoms with Crippen molar-refractivity contribution in [1.82, 2.24) is 5.32 Å². The fourth-order valence-corrected chi connectivity index (χ4v) is 3.04. The van der Waals surface area contributed by atoms with Gasteiger partial charge in [0, 0.05) is 5.71 Å². The quantitative estimate of drug-likeness (QED) is 0.885. The first-order valence-electron chi connectivity index (χ1n) is 7.61. The van der Waals surface area contributed by atoms with Crippen molar-refractivity contribution >= 4 is 28.5 Å². The van der Waals surface area contributed by atoms with Crippen LogP contribution in [0.3, 0.4) is 0 Å². The van der Waals surface area contributed by atoms with Gasteiger partial charge in [-0.15, -0.1) is 0 Å². The number of nitrogens with one attached hydrogen (secondary N) is 1. The highest BCUT2D eigenvalue weighted by molar-refractivity contribution is 6.08. The predicted molar refractivity (Wildman–Crippen MR) is 88.5 cm³/mol. The number of rotatable bonds is 3. The minimum absolute atomic E-state index is 0.290. The topological polar surface area (TPSA) is 67.8 Å². The summed E-state index contributed by atoms with van der Waals surface area (Å²) in [5.74, 6) is -0.981. The molecule has 0 radical (unpaired) electrons. The molecule has 2 amide bonds. The largest absolute Gasteiger partial charge is 0.465 e. The van der Waals surface area contributed by atoms with E-state index in [1.165, 1.54) is 0 Å². The van der Waals surface area contributed by atoms with E-state index in [1.54, 1.807) is 13.8 Å². The zero-order valence-corrected chi connectivity index (χ0v) is 13.1. The maximum Gasteiger partial charge on any atom is 0.341 e. The average molecular weight is 310 g/mol. The van der Waals surface area contributed by atoms with Crippen molar-refractivity contribution < 1.29 is 14.3 Å². The van der Waals surface area contributed by atoms with Gasteiger partial charge in [-0.1, -0.05) is 42.5 Å². The molecular formula is C18H18N2O3. The smallest absolute Gasteiger partial charge is 0.341 e. The Bertz CT molecular complexity index is 792. The first kappa shape index (κ1) is 15.2. The van der Waals surface area contributed by atoms with Gasteiger partial charge in [0.25, 0.3) is 0 Å². The maximum atomic E-state index is 12.4. The molecule has 3 rings (SSSR count). The fourth-order valence-electron chi connectivity index (χ4n) is 3.04. The lowest BCUT2D eigenvalue weighted by molar-refractivity contribution is -0.146. The van der Waals surface area contributed by atoms with Gasteiger partial charge in [-0.2, -0.15) is 0 Å². The number of carbonyl (C=O) groups excluding carboxylic acids is 2. The Hall–Kier alpha value is -2.69. The third-order valence-corrected chi connectivity index (χ3v) is 4.04. The van der Waals surface area contributed by atoms with Crippen LogP contribution in [0.15, 0.2) is 47.5 Å². The van der Waals surface area contributed by atoms with E-state index >= 15 is 0 Å². The molecule has 1 aliphatic heterocycles. The highest BCUT2D eigenvalue weighted by Gasteiger charge is 2.38. The molecule has 5 heteroatoms. The van der Waals surface area contributed by atoms with Gasteiger partial charge in [0.2, 0.25) is 0 Å². The van der Waals surface area contributed by atoms with Crippen LogP contribution in [0.2, 0.25) is 0 Å². The molecule has 2 aromatic carbocycles. The van der Waals surface area contributed by atoms with Crippen LogP contribution in [0.5, 0.6) is 0 Å². The summed E-state index contributed by atoms with van der Waals surface area (Å²) in [6, 6.07) is 12.8. The van der Waals surface area contributed by atoms with E-state index in [0.717, 1.165) is 16.3 Å². The summed E-state index contributed by atoms with van der Waals surface area (Å²) < 4.78 is 5.18. The normalized spacial score (nSPS) is 20.8. The Labute approximate surface area is 134 Å². The summed E-state index contributed by atoms with van der Waals surface area (Å²) in [5.41, 5.74) is 1.37. The Balaban J connectivity index is 2.12. The number of urea groups is 1. The molecule has 1 heterocycles. The number of hydrogen-bond donors (Lipinski definition) is 1. The van der Waals surface area contributed by atoms with Gasteiger partial charge < -0.3 is 10.1 Å². The van der Waals surface area contributed by atoms with Crippen LogP contribution in [-0.2, 0) is 9.53 Å². The van der Waals surface area contributed by atoms with Gasteiger partial charge in [0.1, 0.15) is 5.92 Å². The lowest BCUT2D eigenvalue weighted by Crippen LogP contribution is -2.44. The fraction of sp³-hybridized carbons (Fsp3) is 0.278. The first-order chi connectivity index (χ1) is 11.1. The van der Waals surface area contributed by atoms with Crippen LogP contribution >= 0.6 is 0 Å².